The van der Waals surface area contributed by atoms with Crippen LogP contribution >= 0.6 is 0 Å². The van der Waals surface area contributed by atoms with Crippen LogP contribution in [0.3, 0.4) is 0 Å². The van der Waals surface area contributed by atoms with E-state index >= 15 is 0 Å². The number of nitrogens with zero attached hydrogens (tertiary/aromatic N) is 1. The maximum absolute atomic E-state index is 12.1. The number of anilines is 1. The maximum Gasteiger partial charge on any atom is 1.00 e. The van der Waals surface area contributed by atoms with Gasteiger partial charge in [0.15, 0.2) is 0 Å². The van der Waals surface area contributed by atoms with Crippen LogP contribution in [-0.4, -0.2) is 6.98 Å². The Morgan fingerprint density at radius 2 is 1.86 bits per heavy atom. The number of halogens is 3. The zero-order valence-electron chi connectivity index (χ0n) is 7.47. The van der Waals surface area contributed by atoms with E-state index < -0.39 is 12.4 Å². The topological polar surface area (TPSA) is 49.8 Å². The third-order valence-corrected chi connectivity index (χ3v) is 1.57. The molecule has 1 rings (SSSR count). The van der Waals surface area contributed by atoms with Crippen molar-refractivity contribution in [3.05, 3.63) is 23.8 Å². The van der Waals surface area contributed by atoms with E-state index in [9.17, 15) is 12.9 Å². The first-order valence-electron chi connectivity index (χ1n) is 3.44. The van der Waals surface area contributed by atoms with E-state index in [4.69, 9.17) is 11.0 Å². The van der Waals surface area contributed by atoms with Crippen molar-refractivity contribution in [1.29, 1.82) is 5.26 Å². The van der Waals surface area contributed by atoms with Crippen LogP contribution in [-0.2, 0) is 0 Å². The van der Waals surface area contributed by atoms with Crippen molar-refractivity contribution in [1.82, 2.24) is 0 Å². The Morgan fingerprint density at radius 3 is 2.21 bits per heavy atom. The van der Waals surface area contributed by atoms with E-state index in [1.807, 2.05) is 0 Å². The van der Waals surface area contributed by atoms with E-state index in [1.54, 1.807) is 6.07 Å². The molecule has 0 saturated heterocycles. The summed E-state index contributed by atoms with van der Waals surface area (Å²) in [6, 6.07) is 4.39. The largest absolute Gasteiger partial charge is 1.00 e. The second-order valence-corrected chi connectivity index (χ2v) is 2.53. The second kappa shape index (κ2) is 5.19. The van der Waals surface area contributed by atoms with Gasteiger partial charge in [-0.05, 0) is 6.07 Å². The molecule has 0 unspecified atom stereocenters. The first-order valence-corrected chi connectivity index (χ1v) is 3.44. The first kappa shape index (κ1) is 14.0. The first-order chi connectivity index (χ1) is 5.95. The van der Waals surface area contributed by atoms with E-state index in [2.05, 4.69) is 0 Å². The number of hydrogen-bond acceptors (Lipinski definition) is 2. The Labute approximate surface area is 122 Å². The molecule has 1 aromatic carbocycles. The fourth-order valence-corrected chi connectivity index (χ4v) is 0.887. The summed E-state index contributed by atoms with van der Waals surface area (Å²) in [7, 11) is 0. The fraction of sp³-hybridized carbons (Fsp3) is 0. The van der Waals surface area contributed by atoms with Crippen LogP contribution in [0, 0.1) is 11.3 Å². The predicted octanol–water partition coefficient (Wildman–Crippen LogP) is -1.80. The molecule has 2 N–H and O–H groups in total. The van der Waals surface area contributed by atoms with Crippen LogP contribution in [0.5, 0.6) is 0 Å². The van der Waals surface area contributed by atoms with Crippen molar-refractivity contribution >= 4 is 18.1 Å². The van der Waals surface area contributed by atoms with E-state index in [1.165, 1.54) is 0 Å². The number of nitrogens with two attached hydrogens (primary N) is 1. The predicted molar refractivity (Wildman–Crippen MR) is 44.3 cm³/mol. The summed E-state index contributed by atoms with van der Waals surface area (Å²) in [5, 5.41) is 8.41. The van der Waals surface area contributed by atoms with Gasteiger partial charge in [0.25, 0.3) is 0 Å². The van der Waals surface area contributed by atoms with Crippen molar-refractivity contribution in [2.45, 2.75) is 0 Å². The molecule has 0 aromatic heterocycles. The minimum absolute atomic E-state index is 0. The van der Waals surface area contributed by atoms with Gasteiger partial charge in [-0.2, -0.15) is 5.26 Å². The monoisotopic (exact) mass is 224 g/mol. The van der Waals surface area contributed by atoms with Crippen LogP contribution in [0.1, 0.15) is 5.56 Å². The summed E-state index contributed by atoms with van der Waals surface area (Å²) in [4.78, 5) is 0. The van der Waals surface area contributed by atoms with Crippen LogP contribution < -0.4 is 62.6 Å². The number of nitriles is 1. The van der Waals surface area contributed by atoms with Crippen molar-refractivity contribution < 1.29 is 64.3 Å². The number of benzene rings is 1. The quantitative estimate of drug-likeness (QED) is 0.452. The van der Waals surface area contributed by atoms with Crippen LogP contribution in [0.2, 0.25) is 0 Å². The van der Waals surface area contributed by atoms with Gasteiger partial charge in [0, 0.05) is 5.69 Å². The molecule has 0 spiro atoms. The van der Waals surface area contributed by atoms with Gasteiger partial charge >= 0.3 is 58.4 Å². The minimum atomic E-state index is -5.03. The van der Waals surface area contributed by atoms with Crippen molar-refractivity contribution in [3.63, 3.8) is 0 Å². The van der Waals surface area contributed by atoms with Crippen LogP contribution in [0.25, 0.3) is 0 Å². The molecule has 0 saturated carbocycles. The molecule has 0 aliphatic carbocycles. The molecule has 2 nitrogen and oxygen atoms in total. The summed E-state index contributed by atoms with van der Waals surface area (Å²) in [6.07, 6.45) is 0. The summed E-state index contributed by atoms with van der Waals surface area (Å²) in [6.45, 7) is -5.03. The van der Waals surface area contributed by atoms with Gasteiger partial charge in [0.05, 0.1) is 5.56 Å². The van der Waals surface area contributed by atoms with Crippen LogP contribution in [0.15, 0.2) is 18.2 Å². The van der Waals surface area contributed by atoms with E-state index in [0.717, 1.165) is 18.2 Å². The summed E-state index contributed by atoms with van der Waals surface area (Å²) >= 11 is 0. The number of nitrogen functional groups attached to an aromatic ring is 1. The average molecular weight is 224 g/mol. The Kier molecular flexibility index (Phi) is 5.19. The molecule has 1 aromatic rings. The SMILES string of the molecule is N#Cc1ccc([B-](F)(F)F)cc1N.[K+]. The molecule has 0 aliphatic rings. The Bertz CT molecular complexity index is 372. The number of rotatable bonds is 1. The molecule has 0 aliphatic heterocycles. The van der Waals surface area contributed by atoms with Gasteiger partial charge in [0.2, 0.25) is 0 Å². The molecular formula is C7H5BF3KN2. The zero-order chi connectivity index (χ0) is 10.1. The van der Waals surface area contributed by atoms with Crippen LogP contribution in [0.4, 0.5) is 18.6 Å². The molecule has 68 valence electrons. The standard InChI is InChI=1S/C7H5BF3N2.K/c9-8(10,11)6-2-1-5(4-12)7(13)3-6;/h1-3H,13H2;/q-1;+1. The van der Waals surface area contributed by atoms with E-state index in [0.29, 0.717) is 0 Å². The van der Waals surface area contributed by atoms with Gasteiger partial charge in [-0.3, -0.25) is 0 Å². The molecule has 0 atom stereocenters. The minimum Gasteiger partial charge on any atom is -0.445 e. The molecule has 7 heteroatoms. The summed E-state index contributed by atoms with van der Waals surface area (Å²) < 4.78 is 36.4. The molecule has 0 amide bonds. The smallest absolute Gasteiger partial charge is 0.445 e. The summed E-state index contributed by atoms with van der Waals surface area (Å²) in [5.41, 5.74) is 4.35. The van der Waals surface area contributed by atoms with Gasteiger partial charge in [-0.25, -0.2) is 0 Å². The summed E-state index contributed by atoms with van der Waals surface area (Å²) in [5.74, 6) is 0. The van der Waals surface area contributed by atoms with Gasteiger partial charge in [0.1, 0.15) is 6.07 Å². The Hall–Kier alpha value is 0.00130. The normalized spacial score (nSPS) is 10.1. The van der Waals surface area contributed by atoms with E-state index in [-0.39, 0.29) is 62.6 Å². The molecule has 0 bridgehead atoms. The zero-order valence-corrected chi connectivity index (χ0v) is 10.6. The van der Waals surface area contributed by atoms with Gasteiger partial charge < -0.3 is 18.7 Å². The molecule has 0 heterocycles. The number of hydrogen-bond donors (Lipinski definition) is 1. The Morgan fingerprint density at radius 1 is 1.29 bits per heavy atom. The molecular weight excluding hydrogens is 219 g/mol. The molecule has 14 heavy (non-hydrogen) atoms. The second-order valence-electron chi connectivity index (χ2n) is 2.53. The third kappa shape index (κ3) is 3.29. The fourth-order valence-electron chi connectivity index (χ4n) is 0.887. The van der Waals surface area contributed by atoms with Crippen molar-refractivity contribution in [2.24, 2.45) is 0 Å². The third-order valence-electron chi connectivity index (χ3n) is 1.57. The van der Waals surface area contributed by atoms with Crippen molar-refractivity contribution in [2.75, 3.05) is 5.73 Å². The van der Waals surface area contributed by atoms with Gasteiger partial charge in [-0.1, -0.05) is 12.1 Å². The average Bonchev–Trinajstić information content (AvgIpc) is 2.02. The van der Waals surface area contributed by atoms with Crippen molar-refractivity contribution in [3.8, 4) is 6.07 Å². The Balaban J connectivity index is 0.00000169. The maximum atomic E-state index is 12.1. The molecule has 0 fully saturated rings. The van der Waals surface area contributed by atoms with Gasteiger partial charge in [-0.15, -0.1) is 5.46 Å². The molecule has 0 radical (unpaired) electrons.